The average Bonchev–Trinajstić information content (AvgIpc) is 2.27. The van der Waals surface area contributed by atoms with E-state index in [1.165, 1.54) is 24.3 Å². The van der Waals surface area contributed by atoms with Crippen molar-refractivity contribution in [3.63, 3.8) is 0 Å². The number of rotatable bonds is 5. The number of hydrogen-bond acceptors (Lipinski definition) is 5. The normalized spacial score (nSPS) is 10.9. The molecule has 0 atom stereocenters. The average molecular weight is 257 g/mol. The highest BCUT2D eigenvalue weighted by atomic mass is 32.2. The fourth-order valence-corrected chi connectivity index (χ4v) is 1.35. The molecule has 0 aliphatic rings. The molecule has 1 N–H and O–H groups in total. The zero-order chi connectivity index (χ0) is 12.9. The van der Waals surface area contributed by atoms with E-state index in [-0.39, 0.29) is 5.75 Å². The van der Waals surface area contributed by atoms with Gasteiger partial charge in [-0.1, -0.05) is 0 Å². The van der Waals surface area contributed by atoms with E-state index in [4.69, 9.17) is 4.74 Å². The summed E-state index contributed by atoms with van der Waals surface area (Å²) in [5, 5.41) is 0. The largest absolute Gasteiger partial charge is 0.426 e. The van der Waals surface area contributed by atoms with Gasteiger partial charge in [0, 0.05) is 5.56 Å². The molecule has 7 heteroatoms. The minimum absolute atomic E-state index is 0.246. The lowest BCUT2D eigenvalue weighted by molar-refractivity contribution is -0.133. The number of hydrogen-bond donors (Lipinski definition) is 1. The molecule has 17 heavy (non-hydrogen) atoms. The number of aldehydes is 1. The molecule has 0 bridgehead atoms. The van der Waals surface area contributed by atoms with Crippen molar-refractivity contribution in [3.8, 4) is 5.75 Å². The van der Waals surface area contributed by atoms with Gasteiger partial charge in [0.1, 0.15) is 18.6 Å². The molecule has 1 aromatic carbocycles. The molecule has 0 fully saturated rings. The van der Waals surface area contributed by atoms with Crippen molar-refractivity contribution in [1.82, 2.24) is 4.72 Å². The number of benzene rings is 1. The Morgan fingerprint density at radius 3 is 2.41 bits per heavy atom. The Labute approximate surface area is 98.6 Å². The third-order valence-electron chi connectivity index (χ3n) is 1.73. The van der Waals surface area contributed by atoms with E-state index < -0.39 is 22.5 Å². The molecule has 6 nitrogen and oxygen atoms in total. The number of nitrogens with one attached hydrogen (secondary N) is 1. The number of carbonyl (C=O) groups is 2. The second-order valence-corrected chi connectivity index (χ2v) is 5.09. The van der Waals surface area contributed by atoms with Crippen LogP contribution in [-0.2, 0) is 14.8 Å². The summed E-state index contributed by atoms with van der Waals surface area (Å²) in [6.45, 7) is -0.436. The number of sulfonamides is 1. The van der Waals surface area contributed by atoms with Crippen molar-refractivity contribution in [1.29, 1.82) is 0 Å². The maximum Gasteiger partial charge on any atom is 0.326 e. The van der Waals surface area contributed by atoms with E-state index in [0.717, 1.165) is 6.26 Å². The highest BCUT2D eigenvalue weighted by Crippen LogP contribution is 2.10. The van der Waals surface area contributed by atoms with E-state index in [1.807, 2.05) is 4.72 Å². The minimum atomic E-state index is -3.42. The monoisotopic (exact) mass is 257 g/mol. The van der Waals surface area contributed by atoms with Crippen LogP contribution < -0.4 is 9.46 Å². The van der Waals surface area contributed by atoms with Crippen molar-refractivity contribution < 1.29 is 22.7 Å². The van der Waals surface area contributed by atoms with Crippen LogP contribution in [0.1, 0.15) is 10.4 Å². The van der Waals surface area contributed by atoms with Gasteiger partial charge in [0.25, 0.3) is 0 Å². The molecular formula is C10H11NO5S. The van der Waals surface area contributed by atoms with Crippen LogP contribution in [0.2, 0.25) is 0 Å². The highest BCUT2D eigenvalue weighted by Gasteiger charge is 2.08. The molecule has 0 saturated carbocycles. The molecule has 0 spiro atoms. The minimum Gasteiger partial charge on any atom is -0.426 e. The van der Waals surface area contributed by atoms with E-state index in [0.29, 0.717) is 11.8 Å². The van der Waals surface area contributed by atoms with Crippen molar-refractivity contribution >= 4 is 22.3 Å². The number of ether oxygens (including phenoxy) is 1. The second-order valence-electron chi connectivity index (χ2n) is 3.25. The van der Waals surface area contributed by atoms with E-state index in [1.54, 1.807) is 0 Å². The molecule has 1 rings (SSSR count). The first kappa shape index (κ1) is 13.3. The molecule has 0 amide bonds. The Balaban J connectivity index is 2.53. The maximum atomic E-state index is 11.2. The van der Waals surface area contributed by atoms with E-state index >= 15 is 0 Å². The molecule has 0 aliphatic carbocycles. The predicted molar refractivity (Wildman–Crippen MR) is 60.3 cm³/mol. The Morgan fingerprint density at radius 1 is 1.35 bits per heavy atom. The quantitative estimate of drug-likeness (QED) is 0.454. The van der Waals surface area contributed by atoms with Gasteiger partial charge in [-0.2, -0.15) is 0 Å². The maximum absolute atomic E-state index is 11.2. The van der Waals surface area contributed by atoms with Gasteiger partial charge in [0.15, 0.2) is 0 Å². The summed E-state index contributed by atoms with van der Waals surface area (Å²) in [6.07, 6.45) is 1.61. The molecule has 0 unspecified atom stereocenters. The Bertz CT molecular complexity index is 506. The van der Waals surface area contributed by atoms with Gasteiger partial charge in [-0.3, -0.25) is 9.59 Å². The SMILES string of the molecule is CS(=O)(=O)NCC(=O)Oc1ccc(C=O)cc1. The Hall–Kier alpha value is -1.73. The first-order chi connectivity index (χ1) is 7.90. The third-order valence-corrected chi connectivity index (χ3v) is 2.40. The molecule has 1 aromatic rings. The fourth-order valence-electron chi connectivity index (χ4n) is 0.972. The topological polar surface area (TPSA) is 89.5 Å². The van der Waals surface area contributed by atoms with Gasteiger partial charge >= 0.3 is 5.97 Å². The molecule has 0 heterocycles. The van der Waals surface area contributed by atoms with E-state index in [2.05, 4.69) is 0 Å². The van der Waals surface area contributed by atoms with Gasteiger partial charge in [-0.15, -0.1) is 0 Å². The summed E-state index contributed by atoms with van der Waals surface area (Å²) in [6, 6.07) is 5.86. The number of esters is 1. The van der Waals surface area contributed by atoms with Crippen LogP contribution in [0.5, 0.6) is 5.75 Å². The third kappa shape index (κ3) is 5.23. The van der Waals surface area contributed by atoms with E-state index in [9.17, 15) is 18.0 Å². The summed E-state index contributed by atoms with van der Waals surface area (Å²) >= 11 is 0. The Kier molecular flexibility index (Phi) is 4.36. The van der Waals surface area contributed by atoms with Crippen LogP contribution in [0.15, 0.2) is 24.3 Å². The van der Waals surface area contributed by atoms with Crippen molar-refractivity contribution in [3.05, 3.63) is 29.8 Å². The highest BCUT2D eigenvalue weighted by molar-refractivity contribution is 7.88. The summed E-state index contributed by atoms with van der Waals surface area (Å²) < 4.78 is 28.3. The zero-order valence-electron chi connectivity index (χ0n) is 9.04. The lowest BCUT2D eigenvalue weighted by Gasteiger charge is -2.04. The molecule has 0 aromatic heterocycles. The van der Waals surface area contributed by atoms with Crippen LogP contribution in [0.3, 0.4) is 0 Å². The van der Waals surface area contributed by atoms with Gasteiger partial charge in [0.2, 0.25) is 10.0 Å². The smallest absolute Gasteiger partial charge is 0.326 e. The van der Waals surface area contributed by atoms with Crippen LogP contribution >= 0.6 is 0 Å². The molecule has 92 valence electrons. The molecular weight excluding hydrogens is 246 g/mol. The molecule has 0 aliphatic heterocycles. The first-order valence-corrected chi connectivity index (χ1v) is 6.50. The second kappa shape index (κ2) is 5.55. The van der Waals surface area contributed by atoms with Gasteiger partial charge in [-0.05, 0) is 24.3 Å². The summed E-state index contributed by atoms with van der Waals surface area (Å²) in [5.74, 6) is -0.481. The van der Waals surface area contributed by atoms with Gasteiger partial charge in [0.05, 0.1) is 6.26 Å². The summed E-state index contributed by atoms with van der Waals surface area (Å²) in [4.78, 5) is 21.6. The predicted octanol–water partition coefficient (Wildman–Crippen LogP) is -0.0463. The van der Waals surface area contributed by atoms with Crippen LogP contribution in [-0.4, -0.2) is 33.5 Å². The lowest BCUT2D eigenvalue weighted by Crippen LogP contribution is -2.30. The van der Waals surface area contributed by atoms with Crippen LogP contribution in [0.25, 0.3) is 0 Å². The van der Waals surface area contributed by atoms with Gasteiger partial charge < -0.3 is 4.74 Å². The van der Waals surface area contributed by atoms with Crippen molar-refractivity contribution in [2.45, 2.75) is 0 Å². The standard InChI is InChI=1S/C10H11NO5S/c1-17(14,15)11-6-10(13)16-9-4-2-8(7-12)3-5-9/h2-5,7,11H,6H2,1H3. The lowest BCUT2D eigenvalue weighted by atomic mass is 10.2. The van der Waals surface area contributed by atoms with Gasteiger partial charge in [-0.25, -0.2) is 13.1 Å². The summed E-state index contributed by atoms with van der Waals surface area (Å²) in [7, 11) is -3.42. The fraction of sp³-hybridized carbons (Fsp3) is 0.200. The molecule has 0 radical (unpaired) electrons. The summed E-state index contributed by atoms with van der Waals surface area (Å²) in [5.41, 5.74) is 0.457. The first-order valence-electron chi connectivity index (χ1n) is 4.61. The number of carbonyl (C=O) groups excluding carboxylic acids is 2. The zero-order valence-corrected chi connectivity index (χ0v) is 9.86. The van der Waals surface area contributed by atoms with Crippen molar-refractivity contribution in [2.24, 2.45) is 0 Å². The van der Waals surface area contributed by atoms with Crippen LogP contribution in [0, 0.1) is 0 Å². The Morgan fingerprint density at radius 2 is 1.94 bits per heavy atom. The molecule has 0 saturated heterocycles. The van der Waals surface area contributed by atoms with Crippen molar-refractivity contribution in [2.75, 3.05) is 12.8 Å². The van der Waals surface area contributed by atoms with Crippen LogP contribution in [0.4, 0.5) is 0 Å².